The fourth-order valence-electron chi connectivity index (χ4n) is 2.78. The van der Waals surface area contributed by atoms with Gasteiger partial charge in [0.15, 0.2) is 0 Å². The summed E-state index contributed by atoms with van der Waals surface area (Å²) in [4.78, 5) is 24.2. The minimum Gasteiger partial charge on any atom is -0.349 e. The van der Waals surface area contributed by atoms with Gasteiger partial charge in [-0.1, -0.05) is 33.1 Å². The van der Waals surface area contributed by atoms with Crippen molar-refractivity contribution in [1.82, 2.24) is 5.32 Å². The summed E-state index contributed by atoms with van der Waals surface area (Å²) in [5.41, 5.74) is 7.18. The van der Waals surface area contributed by atoms with E-state index in [-0.39, 0.29) is 17.7 Å². The third-order valence-corrected chi connectivity index (χ3v) is 4.66. The Bertz CT molecular complexity index is 536. The van der Waals surface area contributed by atoms with E-state index in [4.69, 9.17) is 5.73 Å². The second-order valence-corrected chi connectivity index (χ2v) is 6.43. The number of carbonyl (C=O) groups excluding carboxylic acids is 2. The van der Waals surface area contributed by atoms with Gasteiger partial charge in [-0.15, -0.1) is 0 Å². The average molecular weight is 317 g/mol. The van der Waals surface area contributed by atoms with Gasteiger partial charge >= 0.3 is 0 Å². The van der Waals surface area contributed by atoms with E-state index in [1.54, 1.807) is 24.3 Å². The van der Waals surface area contributed by atoms with Gasteiger partial charge in [0.1, 0.15) is 0 Å². The van der Waals surface area contributed by atoms with Crippen molar-refractivity contribution < 1.29 is 9.59 Å². The minimum absolute atomic E-state index is 0.0499. The molecule has 23 heavy (non-hydrogen) atoms. The second kappa shape index (κ2) is 8.11. The van der Waals surface area contributed by atoms with E-state index in [0.717, 1.165) is 19.3 Å². The number of nitrogens with one attached hydrogen (secondary N) is 2. The Morgan fingerprint density at radius 1 is 1.22 bits per heavy atom. The highest BCUT2D eigenvalue weighted by atomic mass is 16.2. The first-order valence-corrected chi connectivity index (χ1v) is 8.48. The Balaban J connectivity index is 1.91. The van der Waals surface area contributed by atoms with E-state index in [1.807, 2.05) is 13.8 Å². The maximum Gasteiger partial charge on any atom is 0.251 e. The molecule has 1 aromatic rings. The van der Waals surface area contributed by atoms with Gasteiger partial charge in [0.25, 0.3) is 5.91 Å². The highest BCUT2D eigenvalue weighted by Crippen LogP contribution is 2.18. The molecule has 1 aromatic carbocycles. The van der Waals surface area contributed by atoms with E-state index in [2.05, 4.69) is 10.6 Å². The fraction of sp³-hybridized carbons (Fsp3) is 0.556. The van der Waals surface area contributed by atoms with Crippen LogP contribution < -0.4 is 16.4 Å². The molecule has 2 atom stereocenters. The highest BCUT2D eigenvalue weighted by Gasteiger charge is 2.20. The molecule has 0 aliphatic heterocycles. The zero-order valence-corrected chi connectivity index (χ0v) is 14.0. The molecule has 0 spiro atoms. The summed E-state index contributed by atoms with van der Waals surface area (Å²) in [5.74, 6) is -0.111. The normalized spacial score (nSPS) is 17.5. The summed E-state index contributed by atoms with van der Waals surface area (Å²) in [7, 11) is 0. The summed E-state index contributed by atoms with van der Waals surface area (Å²) in [6.45, 7) is 3.97. The van der Waals surface area contributed by atoms with Gasteiger partial charge < -0.3 is 16.4 Å². The van der Waals surface area contributed by atoms with Gasteiger partial charge in [0.05, 0.1) is 6.04 Å². The Hall–Kier alpha value is -1.88. The Kier molecular flexibility index (Phi) is 6.16. The third-order valence-electron chi connectivity index (χ3n) is 4.66. The molecule has 2 unspecified atom stereocenters. The lowest BCUT2D eigenvalue weighted by molar-refractivity contribution is -0.118. The number of rotatable bonds is 6. The minimum atomic E-state index is -0.523. The number of hydrogen-bond acceptors (Lipinski definition) is 3. The van der Waals surface area contributed by atoms with Gasteiger partial charge in [-0.2, -0.15) is 0 Å². The molecular formula is C18H27N3O2. The van der Waals surface area contributed by atoms with Crippen LogP contribution in [0.4, 0.5) is 5.69 Å². The number of hydrogen-bond donors (Lipinski definition) is 3. The van der Waals surface area contributed by atoms with Crippen molar-refractivity contribution in [3.8, 4) is 0 Å². The van der Waals surface area contributed by atoms with Crippen LogP contribution in [-0.2, 0) is 4.79 Å². The van der Waals surface area contributed by atoms with Crippen molar-refractivity contribution in [2.45, 2.75) is 58.0 Å². The summed E-state index contributed by atoms with van der Waals surface area (Å²) >= 11 is 0. The van der Waals surface area contributed by atoms with Gasteiger partial charge in [-0.3, -0.25) is 9.59 Å². The quantitative estimate of drug-likeness (QED) is 0.754. The van der Waals surface area contributed by atoms with Crippen molar-refractivity contribution in [2.24, 2.45) is 11.7 Å². The maximum atomic E-state index is 12.2. The number of nitrogens with two attached hydrogens (primary N) is 1. The van der Waals surface area contributed by atoms with Crippen LogP contribution in [-0.4, -0.2) is 23.9 Å². The predicted octanol–water partition coefficient (Wildman–Crippen LogP) is 2.67. The lowest BCUT2D eigenvalue weighted by atomic mass is 9.99. The monoisotopic (exact) mass is 317 g/mol. The first-order chi connectivity index (χ1) is 11.0. The molecule has 0 bridgehead atoms. The first-order valence-electron chi connectivity index (χ1n) is 8.48. The molecule has 2 rings (SSSR count). The molecule has 1 saturated carbocycles. The van der Waals surface area contributed by atoms with Crippen LogP contribution in [0, 0.1) is 5.92 Å². The summed E-state index contributed by atoms with van der Waals surface area (Å²) in [6.07, 6.45) is 5.36. The number of anilines is 1. The van der Waals surface area contributed by atoms with E-state index in [1.165, 1.54) is 12.8 Å². The molecule has 1 aliphatic rings. The molecule has 5 heteroatoms. The van der Waals surface area contributed by atoms with Gasteiger partial charge in [-0.05, 0) is 43.0 Å². The van der Waals surface area contributed by atoms with Crippen molar-refractivity contribution >= 4 is 17.5 Å². The zero-order chi connectivity index (χ0) is 16.8. The van der Waals surface area contributed by atoms with Crippen molar-refractivity contribution in [1.29, 1.82) is 0 Å². The molecule has 4 N–H and O–H groups in total. The van der Waals surface area contributed by atoms with Gasteiger partial charge in [0, 0.05) is 17.3 Å². The smallest absolute Gasteiger partial charge is 0.251 e. The van der Waals surface area contributed by atoms with E-state index >= 15 is 0 Å². The van der Waals surface area contributed by atoms with E-state index < -0.39 is 6.04 Å². The Morgan fingerprint density at radius 3 is 2.39 bits per heavy atom. The summed E-state index contributed by atoms with van der Waals surface area (Å²) in [6, 6.07) is 6.72. The Labute approximate surface area is 138 Å². The van der Waals surface area contributed by atoms with E-state index in [0.29, 0.717) is 17.3 Å². The SMILES string of the molecule is CCC(C)C(N)C(=O)Nc1ccc(C(=O)NC2CCCC2)cc1. The molecule has 1 fully saturated rings. The average Bonchev–Trinajstić information content (AvgIpc) is 3.06. The van der Waals surface area contributed by atoms with E-state index in [9.17, 15) is 9.59 Å². The lowest BCUT2D eigenvalue weighted by Gasteiger charge is -2.18. The molecule has 2 amide bonds. The van der Waals surface area contributed by atoms with Crippen LogP contribution in [0.15, 0.2) is 24.3 Å². The highest BCUT2D eigenvalue weighted by molar-refractivity contribution is 5.97. The number of benzene rings is 1. The number of amides is 2. The standard InChI is InChI=1S/C18H27N3O2/c1-3-12(2)16(19)18(23)21-15-10-8-13(9-11-15)17(22)20-14-6-4-5-7-14/h8-12,14,16H,3-7,19H2,1-2H3,(H,20,22)(H,21,23). The van der Waals surface area contributed by atoms with Crippen LogP contribution in [0.1, 0.15) is 56.3 Å². The maximum absolute atomic E-state index is 12.2. The van der Waals surface area contributed by atoms with Crippen LogP contribution >= 0.6 is 0 Å². The number of carbonyl (C=O) groups is 2. The molecule has 0 heterocycles. The molecular weight excluding hydrogens is 290 g/mol. The molecule has 126 valence electrons. The van der Waals surface area contributed by atoms with Gasteiger partial charge in [-0.25, -0.2) is 0 Å². The lowest BCUT2D eigenvalue weighted by Crippen LogP contribution is -2.40. The summed E-state index contributed by atoms with van der Waals surface area (Å²) < 4.78 is 0. The predicted molar refractivity (Wildman–Crippen MR) is 92.2 cm³/mol. The third kappa shape index (κ3) is 4.79. The van der Waals surface area contributed by atoms with Crippen LogP contribution in [0.3, 0.4) is 0 Å². The van der Waals surface area contributed by atoms with Gasteiger partial charge in [0.2, 0.25) is 5.91 Å². The first kappa shape index (κ1) is 17.5. The molecule has 5 nitrogen and oxygen atoms in total. The van der Waals surface area contributed by atoms with Crippen LogP contribution in [0.25, 0.3) is 0 Å². The Morgan fingerprint density at radius 2 is 1.83 bits per heavy atom. The topological polar surface area (TPSA) is 84.2 Å². The van der Waals surface area contributed by atoms with Crippen LogP contribution in [0.2, 0.25) is 0 Å². The molecule has 1 aliphatic carbocycles. The van der Waals surface area contributed by atoms with Crippen molar-refractivity contribution in [2.75, 3.05) is 5.32 Å². The largest absolute Gasteiger partial charge is 0.349 e. The van der Waals surface area contributed by atoms with Crippen molar-refractivity contribution in [3.05, 3.63) is 29.8 Å². The van der Waals surface area contributed by atoms with Crippen LogP contribution in [0.5, 0.6) is 0 Å². The molecule has 0 saturated heterocycles. The summed E-state index contributed by atoms with van der Waals surface area (Å²) in [5, 5.41) is 5.85. The fourth-order valence-corrected chi connectivity index (χ4v) is 2.78. The second-order valence-electron chi connectivity index (χ2n) is 6.43. The van der Waals surface area contributed by atoms with Crippen molar-refractivity contribution in [3.63, 3.8) is 0 Å². The zero-order valence-electron chi connectivity index (χ0n) is 14.0. The molecule has 0 radical (unpaired) electrons. The molecule has 0 aromatic heterocycles.